The second-order valence-electron chi connectivity index (χ2n) is 6.68. The molecule has 0 bridgehead atoms. The lowest BCUT2D eigenvalue weighted by Crippen LogP contribution is -2.24. The van der Waals surface area contributed by atoms with Crippen LogP contribution in [0, 0.1) is 12.8 Å². The van der Waals surface area contributed by atoms with Gasteiger partial charge in [0.15, 0.2) is 0 Å². The number of thiazole rings is 1. The van der Waals surface area contributed by atoms with Crippen LogP contribution in [0.1, 0.15) is 54.7 Å². The number of aryl methyl sites for hydroxylation is 2. The van der Waals surface area contributed by atoms with Crippen LogP contribution in [0.3, 0.4) is 0 Å². The highest BCUT2D eigenvalue weighted by atomic mass is 32.1. The maximum Gasteiger partial charge on any atom is 0.228 e. The molecule has 0 unspecified atom stereocenters. The number of amides is 1. The number of nitrogens with one attached hydrogen (secondary N) is 1. The van der Waals surface area contributed by atoms with Crippen molar-refractivity contribution in [1.29, 1.82) is 0 Å². The number of hydrogen-bond acceptors (Lipinski definition) is 4. The third-order valence-corrected chi connectivity index (χ3v) is 7.15. The van der Waals surface area contributed by atoms with E-state index in [1.807, 2.05) is 6.92 Å². The van der Waals surface area contributed by atoms with E-state index in [0.717, 1.165) is 41.4 Å². The lowest BCUT2D eigenvalue weighted by atomic mass is 9.89. The summed E-state index contributed by atoms with van der Waals surface area (Å²) >= 11 is 3.47. The molecule has 0 aliphatic heterocycles. The molecule has 2 aliphatic carbocycles. The van der Waals surface area contributed by atoms with Crippen LogP contribution < -0.4 is 5.32 Å². The normalized spacial score (nSPS) is 18.1. The van der Waals surface area contributed by atoms with Crippen LogP contribution in [0.25, 0.3) is 10.6 Å². The van der Waals surface area contributed by atoms with Crippen molar-refractivity contribution in [2.45, 2.75) is 58.3 Å². The molecule has 23 heavy (non-hydrogen) atoms. The molecular weight excluding hydrogens is 324 g/mol. The van der Waals surface area contributed by atoms with Crippen LogP contribution in [-0.2, 0) is 17.6 Å². The van der Waals surface area contributed by atoms with Crippen molar-refractivity contribution in [2.75, 3.05) is 5.32 Å². The number of carbonyl (C=O) groups excluding carboxylic acids is 1. The topological polar surface area (TPSA) is 42.0 Å². The Morgan fingerprint density at radius 3 is 2.78 bits per heavy atom. The Morgan fingerprint density at radius 2 is 2.04 bits per heavy atom. The molecule has 2 aromatic heterocycles. The molecule has 1 N–H and O–H groups in total. The fourth-order valence-electron chi connectivity index (χ4n) is 3.77. The number of thiophene rings is 1. The highest BCUT2D eigenvalue weighted by Crippen LogP contribution is 2.46. The fraction of sp³-hybridized carbons (Fsp3) is 0.556. The van der Waals surface area contributed by atoms with Gasteiger partial charge in [-0.05, 0) is 44.6 Å². The summed E-state index contributed by atoms with van der Waals surface area (Å²) in [6.07, 6.45) is 9.26. The van der Waals surface area contributed by atoms with Crippen LogP contribution >= 0.6 is 22.7 Å². The van der Waals surface area contributed by atoms with Crippen molar-refractivity contribution < 1.29 is 4.79 Å². The van der Waals surface area contributed by atoms with E-state index in [0.29, 0.717) is 0 Å². The zero-order valence-corrected chi connectivity index (χ0v) is 15.1. The maximum atomic E-state index is 12.7. The molecular formula is C18H22N2OS2. The Kier molecular flexibility index (Phi) is 4.24. The number of fused-ring (bicyclic) bond motifs is 1. The van der Waals surface area contributed by atoms with Crippen molar-refractivity contribution in [3.8, 4) is 10.6 Å². The second kappa shape index (κ2) is 6.36. The molecule has 2 heterocycles. The third-order valence-electron chi connectivity index (χ3n) is 4.97. The van der Waals surface area contributed by atoms with Crippen LogP contribution in [0.2, 0.25) is 0 Å². The van der Waals surface area contributed by atoms with Gasteiger partial charge in [0.2, 0.25) is 5.91 Å². The molecule has 0 spiro atoms. The molecule has 3 nitrogen and oxygen atoms in total. The number of anilines is 1. The van der Waals surface area contributed by atoms with Gasteiger partial charge in [-0.15, -0.1) is 22.7 Å². The Bertz CT molecular complexity index is 725. The van der Waals surface area contributed by atoms with Crippen molar-refractivity contribution >= 4 is 33.6 Å². The van der Waals surface area contributed by atoms with Crippen LogP contribution in [0.4, 0.5) is 5.00 Å². The minimum absolute atomic E-state index is 0.201. The van der Waals surface area contributed by atoms with E-state index in [1.54, 1.807) is 22.7 Å². The molecule has 1 saturated carbocycles. The minimum atomic E-state index is 0.201. The van der Waals surface area contributed by atoms with E-state index in [9.17, 15) is 4.79 Å². The van der Waals surface area contributed by atoms with Crippen molar-refractivity contribution in [3.05, 3.63) is 21.5 Å². The van der Waals surface area contributed by atoms with Gasteiger partial charge in [0.05, 0.1) is 0 Å². The summed E-state index contributed by atoms with van der Waals surface area (Å²) in [6, 6.07) is 0. The van der Waals surface area contributed by atoms with E-state index < -0.39 is 0 Å². The second-order valence-corrected chi connectivity index (χ2v) is 8.64. The zero-order valence-electron chi connectivity index (χ0n) is 13.5. The zero-order chi connectivity index (χ0) is 15.8. The molecule has 4 rings (SSSR count). The summed E-state index contributed by atoms with van der Waals surface area (Å²) in [5.74, 6) is 0.422. The molecule has 2 aliphatic rings. The molecule has 0 atom stereocenters. The number of carbonyl (C=O) groups is 1. The first-order valence-electron chi connectivity index (χ1n) is 8.60. The molecule has 0 saturated heterocycles. The standard InChI is InChI=1S/C18H22N2OS2/c1-11-10-22-17(19-11)15-13-8-5-9-14(13)23-18(15)20-16(21)12-6-3-2-4-7-12/h10,12H,2-9H2,1H3,(H,20,21). The SMILES string of the molecule is Cc1csc(-c2c(NC(=O)C3CCCCC3)sc3c2CCC3)n1. The van der Waals surface area contributed by atoms with Gasteiger partial charge in [0.1, 0.15) is 10.0 Å². The van der Waals surface area contributed by atoms with Gasteiger partial charge >= 0.3 is 0 Å². The first kappa shape index (κ1) is 15.3. The predicted molar refractivity (Wildman–Crippen MR) is 97.4 cm³/mol. The molecule has 1 fully saturated rings. The molecule has 0 radical (unpaired) electrons. The number of aromatic nitrogens is 1. The van der Waals surface area contributed by atoms with Crippen LogP contribution in [0.5, 0.6) is 0 Å². The molecule has 5 heteroatoms. The summed E-state index contributed by atoms with van der Waals surface area (Å²) in [7, 11) is 0. The van der Waals surface area contributed by atoms with E-state index in [2.05, 4.69) is 15.7 Å². The first-order valence-corrected chi connectivity index (χ1v) is 10.3. The molecule has 122 valence electrons. The molecule has 1 amide bonds. The first-order chi connectivity index (χ1) is 11.2. The molecule has 2 aromatic rings. The van der Waals surface area contributed by atoms with Crippen molar-refractivity contribution in [2.24, 2.45) is 5.92 Å². The van der Waals surface area contributed by atoms with E-state index in [4.69, 9.17) is 0 Å². The van der Waals surface area contributed by atoms with Gasteiger partial charge in [-0.25, -0.2) is 4.98 Å². The van der Waals surface area contributed by atoms with Crippen LogP contribution in [0.15, 0.2) is 5.38 Å². The summed E-state index contributed by atoms with van der Waals surface area (Å²) in [4.78, 5) is 18.8. The van der Waals surface area contributed by atoms with Crippen molar-refractivity contribution in [3.63, 3.8) is 0 Å². The Labute approximate surface area is 145 Å². The van der Waals surface area contributed by atoms with E-state index in [1.165, 1.54) is 41.7 Å². The summed E-state index contributed by atoms with van der Waals surface area (Å²) in [6.45, 7) is 2.03. The third kappa shape index (κ3) is 2.96. The Balaban J connectivity index is 1.64. The van der Waals surface area contributed by atoms with Gasteiger partial charge in [0.25, 0.3) is 0 Å². The summed E-state index contributed by atoms with van der Waals surface area (Å²) in [5, 5.41) is 7.47. The van der Waals surface area contributed by atoms with Crippen molar-refractivity contribution in [1.82, 2.24) is 4.98 Å². The van der Waals surface area contributed by atoms with E-state index >= 15 is 0 Å². The largest absolute Gasteiger partial charge is 0.317 e. The lowest BCUT2D eigenvalue weighted by Gasteiger charge is -2.20. The minimum Gasteiger partial charge on any atom is -0.317 e. The Morgan fingerprint density at radius 1 is 1.22 bits per heavy atom. The molecule has 0 aromatic carbocycles. The average molecular weight is 347 g/mol. The lowest BCUT2D eigenvalue weighted by molar-refractivity contribution is -0.120. The number of nitrogens with zero attached hydrogens (tertiary/aromatic N) is 1. The number of rotatable bonds is 3. The quantitative estimate of drug-likeness (QED) is 0.831. The van der Waals surface area contributed by atoms with Gasteiger partial charge in [-0.1, -0.05) is 19.3 Å². The highest BCUT2D eigenvalue weighted by molar-refractivity contribution is 7.18. The smallest absolute Gasteiger partial charge is 0.228 e. The highest BCUT2D eigenvalue weighted by Gasteiger charge is 2.28. The maximum absolute atomic E-state index is 12.7. The predicted octanol–water partition coefficient (Wildman–Crippen LogP) is 5.19. The van der Waals surface area contributed by atoms with Gasteiger partial charge < -0.3 is 5.32 Å². The average Bonchev–Trinajstić information content (AvgIpc) is 3.24. The van der Waals surface area contributed by atoms with E-state index in [-0.39, 0.29) is 11.8 Å². The summed E-state index contributed by atoms with van der Waals surface area (Å²) < 4.78 is 0. The monoisotopic (exact) mass is 346 g/mol. The summed E-state index contributed by atoms with van der Waals surface area (Å²) in [5.41, 5.74) is 3.71. The van der Waals surface area contributed by atoms with Gasteiger partial charge in [-0.3, -0.25) is 4.79 Å². The van der Waals surface area contributed by atoms with Gasteiger partial charge in [0, 0.05) is 27.4 Å². The van der Waals surface area contributed by atoms with Crippen LogP contribution in [-0.4, -0.2) is 10.9 Å². The Hall–Kier alpha value is -1.20. The number of hydrogen-bond donors (Lipinski definition) is 1. The van der Waals surface area contributed by atoms with Gasteiger partial charge in [-0.2, -0.15) is 0 Å². The fourth-order valence-corrected chi connectivity index (χ4v) is 6.00.